The minimum absolute atomic E-state index is 0.180. The molecular formula is C15H20FNO2. The maximum absolute atomic E-state index is 13.2. The first kappa shape index (κ1) is 14.0. The number of carbonyl (C=O) groups is 1. The molecule has 1 saturated carbocycles. The molecule has 4 heteroatoms. The van der Waals surface area contributed by atoms with Crippen molar-refractivity contribution in [3.05, 3.63) is 35.1 Å². The van der Waals surface area contributed by atoms with Crippen molar-refractivity contribution in [1.82, 2.24) is 5.32 Å². The van der Waals surface area contributed by atoms with Crippen molar-refractivity contribution in [2.75, 3.05) is 13.2 Å². The second-order valence-corrected chi connectivity index (χ2v) is 5.30. The highest BCUT2D eigenvalue weighted by Gasteiger charge is 2.26. The van der Waals surface area contributed by atoms with Crippen molar-refractivity contribution in [1.29, 1.82) is 0 Å². The second-order valence-electron chi connectivity index (χ2n) is 5.30. The summed E-state index contributed by atoms with van der Waals surface area (Å²) >= 11 is 0. The van der Waals surface area contributed by atoms with Gasteiger partial charge in [0.15, 0.2) is 0 Å². The molecule has 0 heterocycles. The molecule has 0 bridgehead atoms. The van der Waals surface area contributed by atoms with Crippen molar-refractivity contribution in [2.45, 2.75) is 26.2 Å². The lowest BCUT2D eigenvalue weighted by atomic mass is 9.97. The van der Waals surface area contributed by atoms with Gasteiger partial charge in [-0.2, -0.15) is 0 Å². The number of halogens is 1. The highest BCUT2D eigenvalue weighted by Crippen LogP contribution is 2.30. The first-order valence-corrected chi connectivity index (χ1v) is 6.77. The molecule has 0 radical (unpaired) electrons. The van der Waals surface area contributed by atoms with Crippen LogP contribution >= 0.6 is 0 Å². The van der Waals surface area contributed by atoms with Gasteiger partial charge in [0.05, 0.1) is 0 Å². The maximum atomic E-state index is 13.2. The molecule has 2 N–H and O–H groups in total. The number of nitrogens with one attached hydrogen (secondary N) is 1. The average molecular weight is 265 g/mol. The summed E-state index contributed by atoms with van der Waals surface area (Å²) in [5, 5.41) is 12.1. The summed E-state index contributed by atoms with van der Waals surface area (Å²) in [6.45, 7) is 2.53. The third-order valence-electron chi connectivity index (χ3n) is 4.02. The number of benzene rings is 1. The van der Waals surface area contributed by atoms with Crippen LogP contribution in [0.4, 0.5) is 4.39 Å². The fourth-order valence-corrected chi connectivity index (χ4v) is 2.78. The molecule has 2 atom stereocenters. The van der Waals surface area contributed by atoms with Crippen LogP contribution in [0.1, 0.15) is 35.2 Å². The van der Waals surface area contributed by atoms with Crippen LogP contribution in [-0.2, 0) is 0 Å². The van der Waals surface area contributed by atoms with Gasteiger partial charge in [0.25, 0.3) is 5.91 Å². The topological polar surface area (TPSA) is 49.3 Å². The minimum Gasteiger partial charge on any atom is -0.396 e. The molecule has 1 amide bonds. The van der Waals surface area contributed by atoms with Crippen LogP contribution in [0.3, 0.4) is 0 Å². The monoisotopic (exact) mass is 265 g/mol. The predicted molar refractivity (Wildman–Crippen MR) is 71.4 cm³/mol. The Bertz CT molecular complexity index is 461. The van der Waals surface area contributed by atoms with Gasteiger partial charge in [-0.25, -0.2) is 4.39 Å². The summed E-state index contributed by atoms with van der Waals surface area (Å²) < 4.78 is 13.2. The number of aliphatic hydroxyl groups excluding tert-OH is 1. The largest absolute Gasteiger partial charge is 0.396 e. The molecular weight excluding hydrogens is 245 g/mol. The molecule has 104 valence electrons. The normalized spacial score (nSPS) is 22.5. The predicted octanol–water partition coefficient (Wildman–Crippen LogP) is 2.27. The Labute approximate surface area is 112 Å². The average Bonchev–Trinajstić information content (AvgIpc) is 2.86. The minimum atomic E-state index is -0.398. The summed E-state index contributed by atoms with van der Waals surface area (Å²) in [5.74, 6) is -0.0119. The zero-order chi connectivity index (χ0) is 13.8. The Kier molecular flexibility index (Phi) is 4.53. The third-order valence-corrected chi connectivity index (χ3v) is 4.02. The third kappa shape index (κ3) is 3.32. The van der Waals surface area contributed by atoms with Crippen LogP contribution < -0.4 is 5.32 Å². The zero-order valence-electron chi connectivity index (χ0n) is 11.2. The van der Waals surface area contributed by atoms with Crippen LogP contribution in [0.5, 0.6) is 0 Å². The van der Waals surface area contributed by atoms with Gasteiger partial charge in [0.1, 0.15) is 5.82 Å². The van der Waals surface area contributed by atoms with E-state index in [4.69, 9.17) is 0 Å². The van der Waals surface area contributed by atoms with E-state index in [1.807, 2.05) is 0 Å². The van der Waals surface area contributed by atoms with Gasteiger partial charge < -0.3 is 10.4 Å². The molecule has 0 aliphatic heterocycles. The van der Waals surface area contributed by atoms with E-state index in [9.17, 15) is 14.3 Å². The zero-order valence-corrected chi connectivity index (χ0v) is 11.2. The van der Waals surface area contributed by atoms with Gasteiger partial charge >= 0.3 is 0 Å². The molecule has 1 aliphatic carbocycles. The lowest BCUT2D eigenvalue weighted by molar-refractivity contribution is 0.0936. The summed E-state index contributed by atoms with van der Waals surface area (Å²) in [7, 11) is 0. The van der Waals surface area contributed by atoms with E-state index < -0.39 is 5.82 Å². The molecule has 3 nitrogen and oxygen atoms in total. The molecule has 0 aromatic heterocycles. The van der Waals surface area contributed by atoms with Gasteiger partial charge in [-0.1, -0.05) is 12.5 Å². The Balaban J connectivity index is 1.96. The first-order valence-electron chi connectivity index (χ1n) is 6.77. The van der Waals surface area contributed by atoms with Gasteiger partial charge in [0, 0.05) is 18.7 Å². The smallest absolute Gasteiger partial charge is 0.251 e. The summed E-state index contributed by atoms with van der Waals surface area (Å²) in [4.78, 5) is 12.0. The number of hydrogen-bond donors (Lipinski definition) is 2. The van der Waals surface area contributed by atoms with E-state index in [0.29, 0.717) is 18.0 Å². The lowest BCUT2D eigenvalue weighted by Crippen LogP contribution is -2.32. The van der Waals surface area contributed by atoms with Crippen LogP contribution in [0.15, 0.2) is 18.2 Å². The number of aliphatic hydroxyl groups is 1. The van der Waals surface area contributed by atoms with Crippen molar-refractivity contribution in [3.8, 4) is 0 Å². The highest BCUT2D eigenvalue weighted by atomic mass is 19.1. The van der Waals surface area contributed by atoms with E-state index in [-0.39, 0.29) is 18.4 Å². The fourth-order valence-electron chi connectivity index (χ4n) is 2.78. The Morgan fingerprint density at radius 3 is 2.89 bits per heavy atom. The van der Waals surface area contributed by atoms with Gasteiger partial charge in [-0.15, -0.1) is 0 Å². The van der Waals surface area contributed by atoms with Gasteiger partial charge in [0.2, 0.25) is 0 Å². The number of hydrogen-bond acceptors (Lipinski definition) is 2. The van der Waals surface area contributed by atoms with Crippen LogP contribution in [-0.4, -0.2) is 24.2 Å². The van der Waals surface area contributed by atoms with Gasteiger partial charge in [-0.05, 0) is 49.3 Å². The number of aryl methyl sites for hydroxylation is 1. The van der Waals surface area contributed by atoms with E-state index in [1.165, 1.54) is 12.1 Å². The van der Waals surface area contributed by atoms with Crippen molar-refractivity contribution in [3.63, 3.8) is 0 Å². The van der Waals surface area contributed by atoms with Crippen molar-refractivity contribution >= 4 is 5.91 Å². The standard InChI is InChI=1S/C15H20FNO2/c1-10-5-6-13(16)7-14(10)15(19)17-8-11-3-2-4-12(11)9-18/h5-7,11-12,18H,2-4,8-9H2,1H3,(H,17,19). The van der Waals surface area contributed by atoms with E-state index >= 15 is 0 Å². The van der Waals surface area contributed by atoms with E-state index in [1.54, 1.807) is 13.0 Å². The Morgan fingerprint density at radius 1 is 1.42 bits per heavy atom. The van der Waals surface area contributed by atoms with E-state index in [0.717, 1.165) is 24.8 Å². The molecule has 2 rings (SSSR count). The number of rotatable bonds is 4. The molecule has 1 aromatic rings. The molecule has 0 saturated heterocycles. The molecule has 2 unspecified atom stereocenters. The SMILES string of the molecule is Cc1ccc(F)cc1C(=O)NCC1CCCC1CO. The Morgan fingerprint density at radius 2 is 2.16 bits per heavy atom. The molecule has 0 spiro atoms. The molecule has 19 heavy (non-hydrogen) atoms. The lowest BCUT2D eigenvalue weighted by Gasteiger charge is -2.18. The molecule has 1 fully saturated rings. The number of amides is 1. The van der Waals surface area contributed by atoms with Gasteiger partial charge in [-0.3, -0.25) is 4.79 Å². The number of carbonyl (C=O) groups excluding carboxylic acids is 1. The summed E-state index contributed by atoms with van der Waals surface area (Å²) in [6.07, 6.45) is 3.16. The fraction of sp³-hybridized carbons (Fsp3) is 0.533. The van der Waals surface area contributed by atoms with Crippen molar-refractivity contribution in [2.24, 2.45) is 11.8 Å². The summed E-state index contributed by atoms with van der Waals surface area (Å²) in [6, 6.07) is 4.23. The Hall–Kier alpha value is -1.42. The molecule has 1 aliphatic rings. The highest BCUT2D eigenvalue weighted by molar-refractivity contribution is 5.95. The quantitative estimate of drug-likeness (QED) is 0.877. The first-order chi connectivity index (χ1) is 9.11. The maximum Gasteiger partial charge on any atom is 0.251 e. The van der Waals surface area contributed by atoms with E-state index in [2.05, 4.69) is 5.32 Å². The van der Waals surface area contributed by atoms with Crippen LogP contribution in [0, 0.1) is 24.6 Å². The second kappa shape index (κ2) is 6.15. The summed E-state index contributed by atoms with van der Waals surface area (Å²) in [5.41, 5.74) is 1.16. The van der Waals surface area contributed by atoms with Crippen LogP contribution in [0.25, 0.3) is 0 Å². The molecule has 1 aromatic carbocycles. The van der Waals surface area contributed by atoms with Crippen LogP contribution in [0.2, 0.25) is 0 Å². The van der Waals surface area contributed by atoms with Crippen molar-refractivity contribution < 1.29 is 14.3 Å².